The van der Waals surface area contributed by atoms with Gasteiger partial charge in [-0.2, -0.15) is 4.68 Å². The maximum absolute atomic E-state index is 11.0. The second-order valence-electron chi connectivity index (χ2n) is 3.30. The summed E-state index contributed by atoms with van der Waals surface area (Å²) in [6, 6.07) is 7.36. The number of nitrogen functional groups attached to an aromatic ring is 1. The summed E-state index contributed by atoms with van der Waals surface area (Å²) in [5.74, 6) is -0.0345. The van der Waals surface area contributed by atoms with Gasteiger partial charge < -0.3 is 10.2 Å². The molecule has 1 aromatic heterocycles. The molecule has 5 heteroatoms. The van der Waals surface area contributed by atoms with Crippen LogP contribution in [0.2, 0.25) is 0 Å². The molecule has 78 valence electrons. The predicted molar refractivity (Wildman–Crippen MR) is 55.4 cm³/mol. The number of aromatic nitrogens is 2. The first kappa shape index (κ1) is 9.51. The number of aryl methyl sites for hydroxylation is 1. The fourth-order valence-corrected chi connectivity index (χ4v) is 1.28. The van der Waals surface area contributed by atoms with Crippen molar-refractivity contribution in [3.8, 4) is 0 Å². The zero-order valence-electron chi connectivity index (χ0n) is 8.30. The van der Waals surface area contributed by atoms with Crippen LogP contribution in [0.25, 0.3) is 0 Å². The van der Waals surface area contributed by atoms with Crippen LogP contribution in [-0.4, -0.2) is 9.78 Å². The van der Waals surface area contributed by atoms with Gasteiger partial charge in [-0.05, 0) is 17.7 Å². The standard InChI is InChI=1S/C10H11N3O2/c1-13-10(14)15-9(12-13)6-7-2-4-8(11)5-3-7/h2-5H,6,11H2,1H3. The lowest BCUT2D eigenvalue weighted by atomic mass is 10.1. The molecule has 0 aliphatic carbocycles. The molecule has 2 rings (SSSR count). The molecule has 1 heterocycles. The van der Waals surface area contributed by atoms with E-state index in [-0.39, 0.29) is 0 Å². The van der Waals surface area contributed by atoms with Crippen molar-refractivity contribution in [1.29, 1.82) is 0 Å². The van der Waals surface area contributed by atoms with Gasteiger partial charge in [-0.3, -0.25) is 0 Å². The molecule has 2 N–H and O–H groups in total. The maximum Gasteiger partial charge on any atom is 0.436 e. The lowest BCUT2D eigenvalue weighted by Crippen LogP contribution is -2.09. The third-order valence-corrected chi connectivity index (χ3v) is 2.07. The van der Waals surface area contributed by atoms with Crippen molar-refractivity contribution in [1.82, 2.24) is 9.78 Å². The predicted octanol–water partition coefficient (Wildman–Crippen LogP) is 0.546. The van der Waals surface area contributed by atoms with Crippen molar-refractivity contribution < 1.29 is 4.42 Å². The number of rotatable bonds is 2. The average molecular weight is 205 g/mol. The lowest BCUT2D eigenvalue weighted by Gasteiger charge is -1.97. The van der Waals surface area contributed by atoms with Crippen molar-refractivity contribution in [2.75, 3.05) is 5.73 Å². The summed E-state index contributed by atoms with van der Waals surface area (Å²) in [4.78, 5) is 11.0. The molecule has 0 aliphatic rings. The van der Waals surface area contributed by atoms with Crippen molar-refractivity contribution in [2.24, 2.45) is 7.05 Å². The van der Waals surface area contributed by atoms with Crippen molar-refractivity contribution in [3.05, 3.63) is 46.3 Å². The van der Waals surface area contributed by atoms with E-state index >= 15 is 0 Å². The minimum atomic E-state index is -0.444. The quantitative estimate of drug-likeness (QED) is 0.726. The first-order valence-corrected chi connectivity index (χ1v) is 4.52. The van der Waals surface area contributed by atoms with Crippen LogP contribution >= 0.6 is 0 Å². The van der Waals surface area contributed by atoms with Crippen molar-refractivity contribution in [3.63, 3.8) is 0 Å². The summed E-state index contributed by atoms with van der Waals surface area (Å²) < 4.78 is 6.09. The molecule has 0 bridgehead atoms. The largest absolute Gasteiger partial charge is 0.436 e. The Morgan fingerprint density at radius 1 is 1.40 bits per heavy atom. The van der Waals surface area contributed by atoms with Crippen LogP contribution in [0.4, 0.5) is 5.69 Å². The van der Waals surface area contributed by atoms with E-state index in [0.29, 0.717) is 18.0 Å². The monoisotopic (exact) mass is 205 g/mol. The number of hydrogen-bond acceptors (Lipinski definition) is 4. The summed E-state index contributed by atoms with van der Waals surface area (Å²) >= 11 is 0. The zero-order chi connectivity index (χ0) is 10.8. The van der Waals surface area contributed by atoms with Gasteiger partial charge in [0.05, 0.1) is 6.42 Å². The number of anilines is 1. The van der Waals surface area contributed by atoms with Gasteiger partial charge in [0.15, 0.2) is 0 Å². The Morgan fingerprint density at radius 2 is 2.07 bits per heavy atom. The Morgan fingerprint density at radius 3 is 2.60 bits per heavy atom. The average Bonchev–Trinajstić information content (AvgIpc) is 2.50. The van der Waals surface area contributed by atoms with Gasteiger partial charge in [0.1, 0.15) is 0 Å². The summed E-state index contributed by atoms with van der Waals surface area (Å²) in [5.41, 5.74) is 7.27. The van der Waals surface area contributed by atoms with E-state index < -0.39 is 5.76 Å². The fraction of sp³-hybridized carbons (Fsp3) is 0.200. The highest BCUT2D eigenvalue weighted by molar-refractivity contribution is 5.39. The molecule has 15 heavy (non-hydrogen) atoms. The van der Waals surface area contributed by atoms with Crippen LogP contribution in [-0.2, 0) is 13.5 Å². The van der Waals surface area contributed by atoms with Gasteiger partial charge in [0.2, 0.25) is 5.89 Å². The Kier molecular flexibility index (Phi) is 2.29. The summed E-state index contributed by atoms with van der Waals surface area (Å²) in [7, 11) is 1.55. The second kappa shape index (κ2) is 3.61. The van der Waals surface area contributed by atoms with Gasteiger partial charge in [-0.1, -0.05) is 12.1 Å². The van der Waals surface area contributed by atoms with Gasteiger partial charge in [0, 0.05) is 12.7 Å². The van der Waals surface area contributed by atoms with Crippen molar-refractivity contribution in [2.45, 2.75) is 6.42 Å². The molecule has 0 fully saturated rings. The van der Waals surface area contributed by atoms with E-state index in [9.17, 15) is 4.79 Å². The third kappa shape index (κ3) is 2.07. The highest BCUT2D eigenvalue weighted by Crippen LogP contribution is 2.08. The first-order valence-electron chi connectivity index (χ1n) is 4.52. The molecule has 0 spiro atoms. The van der Waals surface area contributed by atoms with Crippen LogP contribution in [0.3, 0.4) is 0 Å². The molecule has 2 aromatic rings. The minimum absolute atomic E-state index is 0.410. The minimum Gasteiger partial charge on any atom is -0.399 e. The van der Waals surface area contributed by atoms with Crippen LogP contribution in [0.15, 0.2) is 33.5 Å². The summed E-state index contributed by atoms with van der Waals surface area (Å²) in [6.07, 6.45) is 0.496. The Balaban J connectivity index is 2.22. The second-order valence-corrected chi connectivity index (χ2v) is 3.30. The lowest BCUT2D eigenvalue weighted by molar-refractivity contribution is 0.462. The number of nitrogens with two attached hydrogens (primary N) is 1. The number of benzene rings is 1. The van der Waals surface area contributed by atoms with E-state index in [1.807, 2.05) is 12.1 Å². The van der Waals surface area contributed by atoms with Gasteiger partial charge in [-0.25, -0.2) is 4.79 Å². The third-order valence-electron chi connectivity index (χ3n) is 2.07. The van der Waals surface area contributed by atoms with Crippen LogP contribution in [0, 0.1) is 0 Å². The first-order chi connectivity index (χ1) is 7.15. The molecule has 1 aromatic carbocycles. The van der Waals surface area contributed by atoms with Gasteiger partial charge >= 0.3 is 5.76 Å². The molecule has 0 amide bonds. The van der Waals surface area contributed by atoms with E-state index in [4.69, 9.17) is 10.2 Å². The molecule has 0 radical (unpaired) electrons. The number of hydrogen-bond donors (Lipinski definition) is 1. The van der Waals surface area contributed by atoms with Crippen molar-refractivity contribution >= 4 is 5.69 Å². The SMILES string of the molecule is Cn1nc(Cc2ccc(N)cc2)oc1=O. The van der Waals surface area contributed by atoms with Crippen LogP contribution < -0.4 is 11.5 Å². The Hall–Kier alpha value is -2.04. The molecular weight excluding hydrogens is 194 g/mol. The molecular formula is C10H11N3O2. The molecule has 5 nitrogen and oxygen atoms in total. The maximum atomic E-state index is 11.0. The normalized spacial score (nSPS) is 10.5. The van der Waals surface area contributed by atoms with Gasteiger partial charge in [0.25, 0.3) is 0 Å². The van der Waals surface area contributed by atoms with Gasteiger partial charge in [-0.15, -0.1) is 5.10 Å². The fourth-order valence-electron chi connectivity index (χ4n) is 1.28. The molecule has 0 saturated heterocycles. The zero-order valence-corrected chi connectivity index (χ0v) is 8.30. The van der Waals surface area contributed by atoms with E-state index in [0.717, 1.165) is 5.56 Å². The smallest absolute Gasteiger partial charge is 0.399 e. The molecule has 0 aliphatic heterocycles. The van der Waals surface area contributed by atoms with E-state index in [1.165, 1.54) is 4.68 Å². The summed E-state index contributed by atoms with van der Waals surface area (Å²) in [5, 5.41) is 3.93. The highest BCUT2D eigenvalue weighted by Gasteiger charge is 2.05. The molecule has 0 saturated carbocycles. The molecule has 0 unspecified atom stereocenters. The molecule has 0 atom stereocenters. The Labute approximate surface area is 86.1 Å². The summed E-state index contributed by atoms with van der Waals surface area (Å²) in [6.45, 7) is 0. The van der Waals surface area contributed by atoms with E-state index in [2.05, 4.69) is 5.10 Å². The Bertz CT molecular complexity index is 510. The van der Waals surface area contributed by atoms with E-state index in [1.54, 1.807) is 19.2 Å². The van der Waals surface area contributed by atoms with Crippen LogP contribution in [0.1, 0.15) is 11.5 Å². The van der Waals surface area contributed by atoms with Crippen LogP contribution in [0.5, 0.6) is 0 Å². The topological polar surface area (TPSA) is 74.1 Å². The highest BCUT2D eigenvalue weighted by atomic mass is 16.4. The number of nitrogens with zero attached hydrogens (tertiary/aromatic N) is 2.